The van der Waals surface area contributed by atoms with Crippen molar-refractivity contribution in [3.63, 3.8) is 0 Å². The largest absolute Gasteiger partial charge is 0.392 e. The molecule has 3 heteroatoms. The highest BCUT2D eigenvalue weighted by molar-refractivity contribution is 5.09. The highest BCUT2D eigenvalue weighted by atomic mass is 16.3. The second-order valence-electron chi connectivity index (χ2n) is 4.23. The maximum absolute atomic E-state index is 9.40. The zero-order valence-corrected chi connectivity index (χ0v) is 9.72. The number of aromatic nitrogens is 1. The van der Waals surface area contributed by atoms with E-state index >= 15 is 0 Å². The molecule has 3 nitrogen and oxygen atoms in total. The summed E-state index contributed by atoms with van der Waals surface area (Å²) in [6, 6.07) is 4.46. The van der Waals surface area contributed by atoms with Gasteiger partial charge in [-0.25, -0.2) is 0 Å². The smallest absolute Gasteiger partial charge is 0.0639 e. The minimum absolute atomic E-state index is 0.283. The average Bonchev–Trinajstić information content (AvgIpc) is 2.17. The second kappa shape index (κ2) is 5.83. The molecule has 0 saturated heterocycles. The molecule has 1 atom stereocenters. The van der Waals surface area contributed by atoms with Gasteiger partial charge in [0.2, 0.25) is 0 Å². The number of hydrogen-bond donors (Lipinski definition) is 1. The number of aliphatic hydroxyl groups is 1. The molecule has 84 valence electrons. The molecule has 0 aliphatic heterocycles. The lowest BCUT2D eigenvalue weighted by Gasteiger charge is -2.27. The van der Waals surface area contributed by atoms with Crippen LogP contribution in [0.25, 0.3) is 0 Å². The summed E-state index contributed by atoms with van der Waals surface area (Å²) >= 11 is 0. The van der Waals surface area contributed by atoms with E-state index in [9.17, 15) is 5.11 Å². The SMILES string of the molecule is CC(O)CN(Cc1ccncc1)C(C)C. The third-order valence-corrected chi connectivity index (χ3v) is 2.36. The lowest BCUT2D eigenvalue weighted by atomic mass is 10.2. The summed E-state index contributed by atoms with van der Waals surface area (Å²) in [6.07, 6.45) is 3.32. The van der Waals surface area contributed by atoms with Crippen LogP contribution in [0, 0.1) is 0 Å². The molecule has 0 amide bonds. The van der Waals surface area contributed by atoms with Crippen LogP contribution in [0.2, 0.25) is 0 Å². The fourth-order valence-electron chi connectivity index (χ4n) is 1.52. The van der Waals surface area contributed by atoms with Crippen molar-refractivity contribution in [3.05, 3.63) is 30.1 Å². The molecule has 15 heavy (non-hydrogen) atoms. The fraction of sp³-hybridized carbons (Fsp3) is 0.583. The third-order valence-electron chi connectivity index (χ3n) is 2.36. The Kier molecular flexibility index (Phi) is 4.72. The van der Waals surface area contributed by atoms with Gasteiger partial charge in [0.25, 0.3) is 0 Å². The molecule has 0 saturated carbocycles. The van der Waals surface area contributed by atoms with Gasteiger partial charge in [-0.1, -0.05) is 0 Å². The molecule has 1 rings (SSSR count). The maximum Gasteiger partial charge on any atom is 0.0639 e. The summed E-state index contributed by atoms with van der Waals surface area (Å²) in [5.74, 6) is 0. The molecule has 0 spiro atoms. The highest BCUT2D eigenvalue weighted by Crippen LogP contribution is 2.07. The molecule has 0 aromatic carbocycles. The summed E-state index contributed by atoms with van der Waals surface area (Å²) in [4.78, 5) is 6.24. The topological polar surface area (TPSA) is 36.4 Å². The van der Waals surface area contributed by atoms with Crippen LogP contribution in [0.4, 0.5) is 0 Å². The maximum atomic E-state index is 9.40. The summed E-state index contributed by atoms with van der Waals surface area (Å²) in [5, 5.41) is 9.40. The van der Waals surface area contributed by atoms with Crippen molar-refractivity contribution in [2.45, 2.75) is 39.5 Å². The Morgan fingerprint density at radius 3 is 2.33 bits per heavy atom. The molecule has 0 radical (unpaired) electrons. The van der Waals surface area contributed by atoms with E-state index in [4.69, 9.17) is 0 Å². The van der Waals surface area contributed by atoms with Crippen molar-refractivity contribution in [2.24, 2.45) is 0 Å². The zero-order chi connectivity index (χ0) is 11.3. The first-order chi connectivity index (χ1) is 7.09. The van der Waals surface area contributed by atoms with E-state index in [0.29, 0.717) is 12.6 Å². The predicted octanol–water partition coefficient (Wildman–Crippen LogP) is 1.67. The number of nitrogens with zero attached hydrogens (tertiary/aromatic N) is 2. The number of hydrogen-bond acceptors (Lipinski definition) is 3. The van der Waals surface area contributed by atoms with Crippen LogP contribution < -0.4 is 0 Å². The van der Waals surface area contributed by atoms with Crippen molar-refractivity contribution in [1.29, 1.82) is 0 Å². The van der Waals surface area contributed by atoms with E-state index in [-0.39, 0.29) is 6.10 Å². The first-order valence-corrected chi connectivity index (χ1v) is 5.40. The molecular weight excluding hydrogens is 188 g/mol. The first kappa shape index (κ1) is 12.1. The van der Waals surface area contributed by atoms with Gasteiger partial charge in [0, 0.05) is 31.5 Å². The number of rotatable bonds is 5. The Morgan fingerprint density at radius 2 is 1.87 bits per heavy atom. The van der Waals surface area contributed by atoms with E-state index < -0.39 is 0 Å². The van der Waals surface area contributed by atoms with Gasteiger partial charge < -0.3 is 5.11 Å². The van der Waals surface area contributed by atoms with Crippen molar-refractivity contribution in [2.75, 3.05) is 6.54 Å². The predicted molar refractivity (Wildman–Crippen MR) is 61.5 cm³/mol. The lowest BCUT2D eigenvalue weighted by molar-refractivity contribution is 0.103. The van der Waals surface area contributed by atoms with Gasteiger partial charge in [0.15, 0.2) is 0 Å². The summed E-state index contributed by atoms with van der Waals surface area (Å²) in [6.45, 7) is 7.68. The Labute approximate surface area is 91.8 Å². The van der Waals surface area contributed by atoms with E-state index in [2.05, 4.69) is 23.7 Å². The van der Waals surface area contributed by atoms with Crippen LogP contribution in [0.3, 0.4) is 0 Å². The minimum Gasteiger partial charge on any atom is -0.392 e. The Hall–Kier alpha value is -0.930. The lowest BCUT2D eigenvalue weighted by Crippen LogP contribution is -2.36. The zero-order valence-electron chi connectivity index (χ0n) is 9.72. The van der Waals surface area contributed by atoms with Crippen LogP contribution in [0.15, 0.2) is 24.5 Å². The highest BCUT2D eigenvalue weighted by Gasteiger charge is 2.12. The Bertz CT molecular complexity index is 272. The third kappa shape index (κ3) is 4.40. The summed E-state index contributed by atoms with van der Waals surface area (Å²) < 4.78 is 0. The molecular formula is C12H20N2O. The van der Waals surface area contributed by atoms with Gasteiger partial charge in [-0.2, -0.15) is 0 Å². The van der Waals surface area contributed by atoms with Crippen molar-refractivity contribution < 1.29 is 5.11 Å². The average molecular weight is 208 g/mol. The van der Waals surface area contributed by atoms with Gasteiger partial charge in [-0.05, 0) is 38.5 Å². The van der Waals surface area contributed by atoms with E-state index in [1.54, 1.807) is 12.4 Å². The van der Waals surface area contributed by atoms with Crippen LogP contribution in [-0.2, 0) is 6.54 Å². The van der Waals surface area contributed by atoms with Gasteiger partial charge in [-0.3, -0.25) is 9.88 Å². The normalized spacial score (nSPS) is 13.5. The molecule has 0 bridgehead atoms. The van der Waals surface area contributed by atoms with Crippen LogP contribution in [-0.4, -0.2) is 33.7 Å². The van der Waals surface area contributed by atoms with Crippen LogP contribution in [0.5, 0.6) is 0 Å². The quantitative estimate of drug-likeness (QED) is 0.799. The Morgan fingerprint density at radius 1 is 1.27 bits per heavy atom. The second-order valence-corrected chi connectivity index (χ2v) is 4.23. The molecule has 1 aromatic heterocycles. The molecule has 0 aliphatic rings. The number of aliphatic hydroxyl groups excluding tert-OH is 1. The fourth-order valence-corrected chi connectivity index (χ4v) is 1.52. The molecule has 0 fully saturated rings. The minimum atomic E-state index is -0.283. The van der Waals surface area contributed by atoms with Crippen LogP contribution in [0.1, 0.15) is 26.3 Å². The monoisotopic (exact) mass is 208 g/mol. The Balaban J connectivity index is 2.59. The summed E-state index contributed by atoms with van der Waals surface area (Å²) in [7, 11) is 0. The van der Waals surface area contributed by atoms with E-state index in [0.717, 1.165) is 6.54 Å². The molecule has 1 unspecified atom stereocenters. The molecule has 1 aromatic rings. The molecule has 1 N–H and O–H groups in total. The van der Waals surface area contributed by atoms with Crippen molar-refractivity contribution >= 4 is 0 Å². The van der Waals surface area contributed by atoms with E-state index in [1.807, 2.05) is 19.1 Å². The van der Waals surface area contributed by atoms with Gasteiger partial charge >= 0.3 is 0 Å². The first-order valence-electron chi connectivity index (χ1n) is 5.40. The summed E-state index contributed by atoms with van der Waals surface area (Å²) in [5.41, 5.74) is 1.24. The van der Waals surface area contributed by atoms with Gasteiger partial charge in [0.1, 0.15) is 0 Å². The molecule has 0 aliphatic carbocycles. The van der Waals surface area contributed by atoms with Crippen molar-refractivity contribution in [1.82, 2.24) is 9.88 Å². The standard InChI is InChI=1S/C12H20N2O/c1-10(2)14(8-11(3)15)9-12-4-6-13-7-5-12/h4-7,10-11,15H,8-9H2,1-3H3. The molecule has 1 heterocycles. The number of pyridine rings is 1. The van der Waals surface area contributed by atoms with Gasteiger partial charge in [0.05, 0.1) is 6.10 Å². The van der Waals surface area contributed by atoms with Gasteiger partial charge in [-0.15, -0.1) is 0 Å². The van der Waals surface area contributed by atoms with Crippen molar-refractivity contribution in [3.8, 4) is 0 Å². The van der Waals surface area contributed by atoms with Crippen LogP contribution >= 0.6 is 0 Å². The van der Waals surface area contributed by atoms with E-state index in [1.165, 1.54) is 5.56 Å².